The summed E-state index contributed by atoms with van der Waals surface area (Å²) in [5, 5.41) is 2.89. The van der Waals surface area contributed by atoms with Crippen LogP contribution in [-0.2, 0) is 18.4 Å². The third-order valence-electron chi connectivity index (χ3n) is 2.70. The van der Waals surface area contributed by atoms with Crippen LogP contribution in [0.15, 0.2) is 18.7 Å². The number of aromatic nitrogens is 2. The van der Waals surface area contributed by atoms with E-state index in [0.717, 1.165) is 19.6 Å². The number of rotatable bonds is 9. The summed E-state index contributed by atoms with van der Waals surface area (Å²) >= 11 is 11.4. The molecule has 1 rings (SSSR count). The minimum Gasteiger partial charge on any atom is -0.351 e. The molecule has 5 nitrogen and oxygen atoms in total. The predicted molar refractivity (Wildman–Crippen MR) is 76.5 cm³/mol. The lowest BCUT2D eigenvalue weighted by Gasteiger charge is -2.19. The number of imidazole rings is 1. The molecule has 0 saturated carbocycles. The smallest absolute Gasteiger partial charge is 0.262 e. The Hall–Kier alpha value is -0.780. The standard InChI is InChI=1S/C12H20Cl2N4O/c1-16-8-9-18(11-16)10-12(19)15-4-7-17(5-2-13)6-3-14/h8-9,11H,2-7,10H2,1H3/p+1. The SMILES string of the molecule is C[n+]1ccn(CC(=O)NCCN(CCCl)CCCl)c1. The number of nitrogens with zero attached hydrogens (tertiary/aromatic N) is 3. The van der Waals surface area contributed by atoms with Crippen LogP contribution in [0.25, 0.3) is 0 Å². The van der Waals surface area contributed by atoms with Crippen molar-refractivity contribution in [3.05, 3.63) is 18.7 Å². The molecular weight excluding hydrogens is 287 g/mol. The van der Waals surface area contributed by atoms with Gasteiger partial charge in [0, 0.05) is 37.9 Å². The van der Waals surface area contributed by atoms with Gasteiger partial charge in [-0.1, -0.05) is 0 Å². The average Bonchev–Trinajstić information content (AvgIpc) is 2.75. The van der Waals surface area contributed by atoms with Gasteiger partial charge in [-0.3, -0.25) is 9.69 Å². The van der Waals surface area contributed by atoms with Crippen molar-refractivity contribution in [3.8, 4) is 0 Å². The van der Waals surface area contributed by atoms with Gasteiger partial charge in [0.05, 0.1) is 7.05 Å². The normalized spacial score (nSPS) is 10.9. The summed E-state index contributed by atoms with van der Waals surface area (Å²) in [7, 11) is 1.92. The number of halogens is 2. The largest absolute Gasteiger partial charge is 0.351 e. The number of amides is 1. The zero-order valence-corrected chi connectivity index (χ0v) is 12.7. The fourth-order valence-corrected chi connectivity index (χ4v) is 2.22. The van der Waals surface area contributed by atoms with Crippen molar-refractivity contribution >= 4 is 29.1 Å². The maximum absolute atomic E-state index is 11.7. The molecule has 108 valence electrons. The van der Waals surface area contributed by atoms with Gasteiger partial charge < -0.3 is 5.32 Å². The molecule has 0 bridgehead atoms. The number of alkyl halides is 2. The van der Waals surface area contributed by atoms with E-state index in [-0.39, 0.29) is 5.91 Å². The molecule has 1 heterocycles. The second-order valence-electron chi connectivity index (χ2n) is 4.32. The molecule has 0 saturated heterocycles. The van der Waals surface area contributed by atoms with E-state index in [0.29, 0.717) is 24.8 Å². The quantitative estimate of drug-likeness (QED) is 0.523. The molecule has 0 fully saturated rings. The highest BCUT2D eigenvalue weighted by molar-refractivity contribution is 6.18. The van der Waals surface area contributed by atoms with Crippen LogP contribution in [0.5, 0.6) is 0 Å². The lowest BCUT2D eigenvalue weighted by molar-refractivity contribution is -0.671. The maximum Gasteiger partial charge on any atom is 0.262 e. The highest BCUT2D eigenvalue weighted by Crippen LogP contribution is 1.91. The summed E-state index contributed by atoms with van der Waals surface area (Å²) in [5.41, 5.74) is 0. The van der Waals surface area contributed by atoms with E-state index < -0.39 is 0 Å². The van der Waals surface area contributed by atoms with Crippen molar-refractivity contribution < 1.29 is 9.36 Å². The number of hydrogen-bond acceptors (Lipinski definition) is 2. The van der Waals surface area contributed by atoms with E-state index in [1.54, 1.807) is 0 Å². The molecule has 0 spiro atoms. The fourth-order valence-electron chi connectivity index (χ4n) is 1.74. The minimum atomic E-state index is 0.00731. The molecule has 7 heteroatoms. The Kier molecular flexibility index (Phi) is 7.86. The van der Waals surface area contributed by atoms with Gasteiger partial charge in [0.25, 0.3) is 5.91 Å². The van der Waals surface area contributed by atoms with Crippen molar-refractivity contribution in [2.24, 2.45) is 7.05 Å². The van der Waals surface area contributed by atoms with E-state index in [1.165, 1.54) is 0 Å². The Bertz CT molecular complexity index is 378. The second kappa shape index (κ2) is 9.18. The molecule has 1 amide bonds. The van der Waals surface area contributed by atoms with Crippen molar-refractivity contribution in [3.63, 3.8) is 0 Å². The first-order valence-electron chi connectivity index (χ1n) is 6.27. The zero-order chi connectivity index (χ0) is 14.1. The number of carbonyl (C=O) groups is 1. The maximum atomic E-state index is 11.7. The first kappa shape index (κ1) is 16.3. The third kappa shape index (κ3) is 6.80. The molecule has 19 heavy (non-hydrogen) atoms. The first-order chi connectivity index (χ1) is 9.15. The van der Waals surface area contributed by atoms with Crippen LogP contribution in [-0.4, -0.2) is 53.3 Å². The molecule has 0 aromatic carbocycles. The van der Waals surface area contributed by atoms with Gasteiger partial charge in [-0.25, -0.2) is 9.13 Å². The Morgan fingerprint density at radius 2 is 2.00 bits per heavy atom. The van der Waals surface area contributed by atoms with Crippen molar-refractivity contribution in [1.29, 1.82) is 0 Å². The van der Waals surface area contributed by atoms with Gasteiger partial charge in [0.2, 0.25) is 6.33 Å². The summed E-state index contributed by atoms with van der Waals surface area (Å²) < 4.78 is 3.74. The van der Waals surface area contributed by atoms with E-state index in [4.69, 9.17) is 23.2 Å². The molecule has 0 aliphatic heterocycles. The van der Waals surface area contributed by atoms with Gasteiger partial charge in [-0.05, 0) is 0 Å². The monoisotopic (exact) mass is 307 g/mol. The fraction of sp³-hybridized carbons (Fsp3) is 0.667. The topological polar surface area (TPSA) is 41.1 Å². The molecule has 1 aromatic heterocycles. The molecule has 0 unspecified atom stereocenters. The van der Waals surface area contributed by atoms with Crippen LogP contribution >= 0.6 is 23.2 Å². The molecule has 0 radical (unpaired) electrons. The van der Waals surface area contributed by atoms with E-state index in [2.05, 4.69) is 10.2 Å². The highest BCUT2D eigenvalue weighted by Gasteiger charge is 2.08. The molecule has 1 aromatic rings. The van der Waals surface area contributed by atoms with Gasteiger partial charge in [-0.2, -0.15) is 0 Å². The predicted octanol–water partition coefficient (Wildman–Crippen LogP) is 0.208. The zero-order valence-electron chi connectivity index (χ0n) is 11.2. The number of carbonyl (C=O) groups excluding carboxylic acids is 1. The Labute approximate surface area is 124 Å². The van der Waals surface area contributed by atoms with E-state index in [1.807, 2.05) is 34.9 Å². The first-order valence-corrected chi connectivity index (χ1v) is 7.34. The lowest BCUT2D eigenvalue weighted by atomic mass is 10.4. The molecule has 1 N–H and O–H groups in total. The molecule has 0 atom stereocenters. The summed E-state index contributed by atoms with van der Waals surface area (Å²) in [5.74, 6) is 1.16. The summed E-state index contributed by atoms with van der Waals surface area (Å²) in [6, 6.07) is 0. The molecular formula is C12H21Cl2N4O+. The van der Waals surface area contributed by atoms with Crippen molar-refractivity contribution in [1.82, 2.24) is 14.8 Å². The Balaban J connectivity index is 2.22. The molecule has 0 aliphatic carbocycles. The summed E-state index contributed by atoms with van der Waals surface area (Å²) in [4.78, 5) is 13.8. The van der Waals surface area contributed by atoms with Gasteiger partial charge >= 0.3 is 0 Å². The third-order valence-corrected chi connectivity index (χ3v) is 3.04. The van der Waals surface area contributed by atoms with Crippen LogP contribution in [0, 0.1) is 0 Å². The number of aryl methyl sites for hydroxylation is 1. The molecule has 0 aliphatic rings. The van der Waals surface area contributed by atoms with Crippen LogP contribution in [0.3, 0.4) is 0 Å². The summed E-state index contributed by atoms with van der Waals surface area (Å²) in [6.07, 6.45) is 5.63. The van der Waals surface area contributed by atoms with Crippen LogP contribution < -0.4 is 9.88 Å². The Morgan fingerprint density at radius 3 is 2.53 bits per heavy atom. The second-order valence-corrected chi connectivity index (χ2v) is 5.08. The van der Waals surface area contributed by atoms with E-state index >= 15 is 0 Å². The summed E-state index contributed by atoms with van der Waals surface area (Å²) in [6.45, 7) is 3.30. The van der Waals surface area contributed by atoms with Crippen LogP contribution in [0.2, 0.25) is 0 Å². The number of nitrogens with one attached hydrogen (secondary N) is 1. The van der Waals surface area contributed by atoms with Gasteiger partial charge in [0.15, 0.2) is 6.54 Å². The van der Waals surface area contributed by atoms with Crippen LogP contribution in [0.4, 0.5) is 0 Å². The average molecular weight is 308 g/mol. The van der Waals surface area contributed by atoms with Gasteiger partial charge in [-0.15, -0.1) is 23.2 Å². The highest BCUT2D eigenvalue weighted by atomic mass is 35.5. The van der Waals surface area contributed by atoms with E-state index in [9.17, 15) is 4.79 Å². The number of hydrogen-bond donors (Lipinski definition) is 1. The van der Waals surface area contributed by atoms with Crippen LogP contribution in [0.1, 0.15) is 0 Å². The minimum absolute atomic E-state index is 0.00731. The van der Waals surface area contributed by atoms with Gasteiger partial charge in [0.1, 0.15) is 12.4 Å². The Morgan fingerprint density at radius 1 is 1.32 bits per heavy atom. The van der Waals surface area contributed by atoms with Crippen molar-refractivity contribution in [2.45, 2.75) is 6.54 Å². The van der Waals surface area contributed by atoms with Crippen molar-refractivity contribution in [2.75, 3.05) is 37.9 Å². The lowest BCUT2D eigenvalue weighted by Crippen LogP contribution is -2.38.